The number of Topliss-reactive ketones (excluding diaryl/α,β-unsaturated/α-hetero) is 1. The Kier molecular flexibility index (Phi) is 4.56. The molecule has 1 saturated carbocycles. The van der Waals surface area contributed by atoms with Gasteiger partial charge in [-0.1, -0.05) is 18.2 Å². The molecular weight excluding hydrogens is 290 g/mol. The third-order valence-corrected chi connectivity index (χ3v) is 4.07. The Morgan fingerprint density at radius 3 is 2.73 bits per heavy atom. The summed E-state index contributed by atoms with van der Waals surface area (Å²) in [7, 11) is 1.12. The average Bonchev–Trinajstić information content (AvgIpc) is 2.93. The second-order valence-corrected chi connectivity index (χ2v) is 5.39. The number of nitro groups is 1. The van der Waals surface area contributed by atoms with E-state index >= 15 is 0 Å². The fourth-order valence-electron chi connectivity index (χ4n) is 2.96. The van der Waals surface area contributed by atoms with Crippen molar-refractivity contribution in [1.82, 2.24) is 0 Å². The van der Waals surface area contributed by atoms with Crippen LogP contribution in [0.3, 0.4) is 0 Å². The highest BCUT2D eigenvalue weighted by Crippen LogP contribution is 2.36. The van der Waals surface area contributed by atoms with Gasteiger partial charge in [-0.2, -0.15) is 0 Å². The highest BCUT2D eigenvalue weighted by molar-refractivity contribution is 5.92. The Morgan fingerprint density at radius 1 is 1.50 bits per heavy atom. The lowest BCUT2D eigenvalue weighted by Crippen LogP contribution is -2.50. The molecule has 0 aliphatic heterocycles. The number of benzene rings is 1. The molecule has 2 atom stereocenters. The van der Waals surface area contributed by atoms with Gasteiger partial charge in [0.05, 0.1) is 18.0 Å². The molecule has 7 heteroatoms. The number of nitro benzene ring substituents is 1. The van der Waals surface area contributed by atoms with Crippen molar-refractivity contribution in [1.29, 1.82) is 0 Å². The van der Waals surface area contributed by atoms with Crippen molar-refractivity contribution in [2.45, 2.75) is 31.3 Å². The fraction of sp³-hybridized carbons (Fsp3) is 0.467. The first kappa shape index (κ1) is 16.1. The van der Waals surface area contributed by atoms with Crippen LogP contribution < -0.4 is 0 Å². The molecule has 2 rings (SSSR count). The molecule has 0 bridgehead atoms. The quantitative estimate of drug-likeness (QED) is 0.501. The van der Waals surface area contributed by atoms with Gasteiger partial charge in [0.25, 0.3) is 5.69 Å². The summed E-state index contributed by atoms with van der Waals surface area (Å²) < 4.78 is 4.64. The van der Waals surface area contributed by atoms with Gasteiger partial charge in [-0.05, 0) is 12.8 Å². The van der Waals surface area contributed by atoms with Crippen LogP contribution in [-0.4, -0.2) is 34.5 Å². The van der Waals surface area contributed by atoms with E-state index in [4.69, 9.17) is 0 Å². The Labute approximate surface area is 127 Å². The van der Waals surface area contributed by atoms with E-state index in [-0.39, 0.29) is 23.5 Å². The number of hydrogen-bond donors (Lipinski definition) is 1. The molecule has 7 nitrogen and oxygen atoms in total. The van der Waals surface area contributed by atoms with Crippen LogP contribution >= 0.6 is 0 Å². The summed E-state index contributed by atoms with van der Waals surface area (Å²) >= 11 is 0. The average molecular weight is 307 g/mol. The van der Waals surface area contributed by atoms with E-state index < -0.39 is 22.4 Å². The predicted octanol–water partition coefficient (Wildman–Crippen LogP) is 1.41. The van der Waals surface area contributed by atoms with E-state index in [9.17, 15) is 24.8 Å². The topological polar surface area (TPSA) is 107 Å². The van der Waals surface area contributed by atoms with Crippen LogP contribution in [0.2, 0.25) is 0 Å². The Hall–Kier alpha value is -2.28. The maximum absolute atomic E-state index is 12.1. The van der Waals surface area contributed by atoms with Crippen molar-refractivity contribution in [2.75, 3.05) is 7.11 Å². The first-order valence-corrected chi connectivity index (χ1v) is 6.96. The zero-order valence-electron chi connectivity index (χ0n) is 12.2. The highest BCUT2D eigenvalue weighted by Gasteiger charge is 2.50. The van der Waals surface area contributed by atoms with Crippen molar-refractivity contribution in [3.05, 3.63) is 39.9 Å². The predicted molar refractivity (Wildman–Crippen MR) is 76.1 cm³/mol. The molecule has 1 aliphatic rings. The lowest BCUT2D eigenvalue weighted by atomic mass is 9.80. The monoisotopic (exact) mass is 307 g/mol. The molecule has 22 heavy (non-hydrogen) atoms. The maximum Gasteiger partial charge on any atom is 0.338 e. The van der Waals surface area contributed by atoms with Crippen LogP contribution in [0.25, 0.3) is 0 Å². The van der Waals surface area contributed by atoms with E-state index in [1.807, 2.05) is 0 Å². The molecule has 0 heterocycles. The van der Waals surface area contributed by atoms with E-state index in [0.717, 1.165) is 7.11 Å². The number of para-hydroxylation sites is 1. The Morgan fingerprint density at radius 2 is 2.18 bits per heavy atom. The summed E-state index contributed by atoms with van der Waals surface area (Å²) in [5, 5.41) is 21.9. The van der Waals surface area contributed by atoms with Gasteiger partial charge in [0.15, 0.2) is 5.60 Å². The van der Waals surface area contributed by atoms with Crippen LogP contribution in [0.15, 0.2) is 24.3 Å². The third kappa shape index (κ3) is 2.85. The van der Waals surface area contributed by atoms with Crippen molar-refractivity contribution < 1.29 is 24.4 Å². The first-order chi connectivity index (χ1) is 10.4. The van der Waals surface area contributed by atoms with Gasteiger partial charge in [-0.15, -0.1) is 0 Å². The normalized spacial score (nSPS) is 20.5. The lowest BCUT2D eigenvalue weighted by Gasteiger charge is -2.30. The summed E-state index contributed by atoms with van der Waals surface area (Å²) in [5.74, 6) is -2.04. The van der Waals surface area contributed by atoms with Crippen LogP contribution in [0.4, 0.5) is 5.69 Å². The molecule has 0 spiro atoms. The second kappa shape index (κ2) is 6.23. The zero-order chi connectivity index (χ0) is 16.3. The highest BCUT2D eigenvalue weighted by atomic mass is 16.6. The number of esters is 1. The first-order valence-electron chi connectivity index (χ1n) is 6.96. The second-order valence-electron chi connectivity index (χ2n) is 5.39. The molecule has 1 aromatic carbocycles. The fourth-order valence-corrected chi connectivity index (χ4v) is 2.96. The number of ketones is 1. The SMILES string of the molecule is COC(=O)[C@@](O)(Cc1ccccc1[N+](=O)[O-])[C@@H]1CCCC1=O. The summed E-state index contributed by atoms with van der Waals surface area (Å²) in [5.41, 5.74) is -2.08. The number of carbonyl (C=O) groups excluding carboxylic acids is 2. The molecule has 0 aromatic heterocycles. The van der Waals surface area contributed by atoms with Crippen molar-refractivity contribution >= 4 is 17.4 Å². The van der Waals surface area contributed by atoms with Crippen molar-refractivity contribution in [3.8, 4) is 0 Å². The molecule has 0 unspecified atom stereocenters. The molecule has 1 aliphatic carbocycles. The van der Waals surface area contributed by atoms with Gasteiger partial charge in [0, 0.05) is 24.5 Å². The Balaban J connectivity index is 2.42. The van der Waals surface area contributed by atoms with Gasteiger partial charge in [0.2, 0.25) is 0 Å². The summed E-state index contributed by atoms with van der Waals surface area (Å²) in [4.78, 5) is 34.5. The number of hydrogen-bond acceptors (Lipinski definition) is 6. The molecule has 1 N–H and O–H groups in total. The molecular formula is C15H17NO6. The van der Waals surface area contributed by atoms with Crippen molar-refractivity contribution in [2.24, 2.45) is 5.92 Å². The smallest absolute Gasteiger partial charge is 0.338 e. The number of rotatable bonds is 5. The van der Waals surface area contributed by atoms with Gasteiger partial charge in [-0.25, -0.2) is 4.79 Å². The van der Waals surface area contributed by atoms with Gasteiger partial charge in [-0.3, -0.25) is 14.9 Å². The summed E-state index contributed by atoms with van der Waals surface area (Å²) in [6.45, 7) is 0. The zero-order valence-corrected chi connectivity index (χ0v) is 12.2. The molecule has 1 aromatic rings. The van der Waals surface area contributed by atoms with Gasteiger partial charge >= 0.3 is 5.97 Å². The molecule has 0 radical (unpaired) electrons. The maximum atomic E-state index is 12.1. The number of carbonyl (C=O) groups is 2. The minimum atomic E-state index is -2.07. The molecule has 1 fully saturated rings. The van der Waals surface area contributed by atoms with E-state index in [0.29, 0.717) is 19.3 Å². The third-order valence-electron chi connectivity index (χ3n) is 4.07. The van der Waals surface area contributed by atoms with Gasteiger partial charge in [0.1, 0.15) is 5.78 Å². The lowest BCUT2D eigenvalue weighted by molar-refractivity contribution is -0.385. The standard InChI is InChI=1S/C15H17NO6/c1-22-14(18)15(19,11-6-4-8-13(11)17)9-10-5-2-3-7-12(10)16(20)21/h2-3,5,7,11,19H,4,6,8-9H2,1H3/t11-,15-/m1/s1. The molecule has 0 amide bonds. The molecule has 0 saturated heterocycles. The Bertz CT molecular complexity index is 614. The van der Waals surface area contributed by atoms with Crippen LogP contribution in [0, 0.1) is 16.0 Å². The van der Waals surface area contributed by atoms with E-state index in [2.05, 4.69) is 4.74 Å². The minimum Gasteiger partial charge on any atom is -0.467 e. The van der Waals surface area contributed by atoms with Crippen LogP contribution in [-0.2, 0) is 20.7 Å². The summed E-state index contributed by atoms with van der Waals surface area (Å²) in [6.07, 6.45) is 0.916. The number of aliphatic hydroxyl groups is 1. The van der Waals surface area contributed by atoms with Crippen molar-refractivity contribution in [3.63, 3.8) is 0 Å². The number of nitrogens with zero attached hydrogens (tertiary/aromatic N) is 1. The van der Waals surface area contributed by atoms with Gasteiger partial charge < -0.3 is 9.84 Å². The van der Waals surface area contributed by atoms with Crippen LogP contribution in [0.1, 0.15) is 24.8 Å². The summed E-state index contributed by atoms with van der Waals surface area (Å²) in [6, 6.07) is 5.84. The largest absolute Gasteiger partial charge is 0.467 e. The minimum absolute atomic E-state index is 0.195. The van der Waals surface area contributed by atoms with Crippen LogP contribution in [0.5, 0.6) is 0 Å². The van der Waals surface area contributed by atoms with E-state index in [1.165, 1.54) is 18.2 Å². The number of methoxy groups -OCH3 is 1. The van der Waals surface area contributed by atoms with E-state index in [1.54, 1.807) is 6.07 Å². The molecule has 118 valence electrons. The number of ether oxygens (including phenoxy) is 1.